The summed E-state index contributed by atoms with van der Waals surface area (Å²) in [7, 11) is 0. The minimum absolute atomic E-state index is 0.00472. The summed E-state index contributed by atoms with van der Waals surface area (Å²) in [6.45, 7) is 9.99. The Bertz CT molecular complexity index is 244. The van der Waals surface area contributed by atoms with E-state index in [0.717, 1.165) is 31.7 Å². The third kappa shape index (κ3) is 3.16. The van der Waals surface area contributed by atoms with Gasteiger partial charge in [-0.05, 0) is 19.3 Å². The molecule has 0 aromatic rings. The maximum atomic E-state index is 5.64. The van der Waals surface area contributed by atoms with Crippen molar-refractivity contribution < 1.29 is 4.74 Å². The van der Waals surface area contributed by atoms with Gasteiger partial charge in [-0.3, -0.25) is 0 Å². The Morgan fingerprint density at radius 2 is 2.40 bits per heavy atom. The van der Waals surface area contributed by atoms with Crippen LogP contribution in [-0.4, -0.2) is 30.4 Å². The van der Waals surface area contributed by atoms with E-state index in [9.17, 15) is 0 Å². The van der Waals surface area contributed by atoms with Crippen LogP contribution in [0.2, 0.25) is 0 Å². The second-order valence-electron chi connectivity index (χ2n) is 3.39. The second-order valence-corrected chi connectivity index (χ2v) is 3.39. The summed E-state index contributed by atoms with van der Waals surface area (Å²) in [6, 6.07) is 0. The van der Waals surface area contributed by atoms with Crippen LogP contribution in [0.4, 0.5) is 0 Å². The molecule has 4 nitrogen and oxygen atoms in total. The minimum atomic E-state index is -0.00472. The summed E-state index contributed by atoms with van der Waals surface area (Å²) in [4.78, 5) is 4.18. The lowest BCUT2D eigenvalue weighted by Gasteiger charge is -2.31. The Kier molecular flexibility index (Phi) is 5.04. The fraction of sp³-hybridized carbons (Fsp3) is 0.636. The first-order valence-corrected chi connectivity index (χ1v) is 5.38. The van der Waals surface area contributed by atoms with Crippen LogP contribution in [0.15, 0.2) is 22.9 Å². The summed E-state index contributed by atoms with van der Waals surface area (Å²) in [6.07, 6.45) is 5.60. The molecule has 0 aromatic heterocycles. The summed E-state index contributed by atoms with van der Waals surface area (Å²) in [5, 5.41) is 5.75. The maximum Gasteiger partial charge on any atom is 0.152 e. The summed E-state index contributed by atoms with van der Waals surface area (Å²) in [5.74, 6) is 0.854. The Hall–Kier alpha value is -1.16. The molecule has 0 aliphatic carbocycles. The molecule has 0 radical (unpaired) electrons. The molecule has 0 bridgehead atoms. The molecule has 1 aliphatic rings. The molecule has 1 saturated heterocycles. The monoisotopic (exact) mass is 209 g/mol. The van der Waals surface area contributed by atoms with E-state index in [4.69, 9.17) is 4.74 Å². The molecule has 0 aromatic carbocycles. The standard InChI is InChI=1S/C11H19N3O/c1-4-10(13-5-2)14(12-3)11-8-6-7-9-15-11/h5,11H,2-4,6-9H2,1H3. The van der Waals surface area contributed by atoms with Gasteiger partial charge < -0.3 is 4.74 Å². The van der Waals surface area contributed by atoms with Crippen LogP contribution in [-0.2, 0) is 4.74 Å². The maximum absolute atomic E-state index is 5.64. The first-order valence-electron chi connectivity index (χ1n) is 5.38. The topological polar surface area (TPSA) is 37.2 Å². The number of nitrogens with zero attached hydrogens (tertiary/aromatic N) is 3. The highest BCUT2D eigenvalue weighted by molar-refractivity contribution is 5.82. The highest BCUT2D eigenvalue weighted by Gasteiger charge is 2.22. The van der Waals surface area contributed by atoms with E-state index >= 15 is 0 Å². The number of aliphatic imine (C=N–C) groups is 1. The molecule has 4 heteroatoms. The largest absolute Gasteiger partial charge is 0.356 e. The van der Waals surface area contributed by atoms with Gasteiger partial charge in [-0.25, -0.2) is 10.0 Å². The Balaban J connectivity index is 2.71. The predicted molar refractivity (Wildman–Crippen MR) is 62.9 cm³/mol. The number of hydrogen-bond acceptors (Lipinski definition) is 3. The third-order valence-corrected chi connectivity index (χ3v) is 2.40. The molecule has 0 amide bonds. The number of hydrazone groups is 1. The fourth-order valence-electron chi connectivity index (χ4n) is 1.67. The highest BCUT2D eigenvalue weighted by Crippen LogP contribution is 2.18. The zero-order chi connectivity index (χ0) is 11.1. The lowest BCUT2D eigenvalue weighted by atomic mass is 10.2. The normalized spacial score (nSPS) is 22.2. The third-order valence-electron chi connectivity index (χ3n) is 2.40. The molecule has 1 rings (SSSR count). The molecular weight excluding hydrogens is 190 g/mol. The first kappa shape index (κ1) is 11.9. The van der Waals surface area contributed by atoms with Gasteiger partial charge in [-0.1, -0.05) is 13.5 Å². The molecule has 0 N–H and O–H groups in total. The molecule has 84 valence electrons. The van der Waals surface area contributed by atoms with Crippen molar-refractivity contribution in [2.24, 2.45) is 10.1 Å². The quantitative estimate of drug-likeness (QED) is 0.405. The van der Waals surface area contributed by atoms with Crippen LogP contribution in [0, 0.1) is 0 Å². The average Bonchev–Trinajstić information content (AvgIpc) is 2.30. The highest BCUT2D eigenvalue weighted by atomic mass is 16.5. The molecular formula is C11H19N3O. The van der Waals surface area contributed by atoms with E-state index in [1.165, 1.54) is 12.6 Å². The van der Waals surface area contributed by atoms with Crippen molar-refractivity contribution in [1.29, 1.82) is 0 Å². The van der Waals surface area contributed by atoms with Crippen molar-refractivity contribution in [3.63, 3.8) is 0 Å². The number of rotatable bonds is 4. The molecule has 1 atom stereocenters. The Morgan fingerprint density at radius 3 is 2.87 bits per heavy atom. The van der Waals surface area contributed by atoms with E-state index < -0.39 is 0 Å². The number of amidine groups is 1. The molecule has 1 fully saturated rings. The van der Waals surface area contributed by atoms with Gasteiger partial charge in [0.05, 0.1) is 0 Å². The SMILES string of the molecule is C=CN=C(CC)N(N=C)C1CCCCO1. The first-order chi connectivity index (χ1) is 7.33. The fourth-order valence-corrected chi connectivity index (χ4v) is 1.67. The molecule has 0 saturated carbocycles. The van der Waals surface area contributed by atoms with Crippen molar-refractivity contribution in [2.45, 2.75) is 38.8 Å². The van der Waals surface area contributed by atoms with Gasteiger partial charge in [-0.2, -0.15) is 5.10 Å². The molecule has 15 heavy (non-hydrogen) atoms. The van der Waals surface area contributed by atoms with Gasteiger partial charge in [0.15, 0.2) is 6.23 Å². The van der Waals surface area contributed by atoms with Crippen LogP contribution in [0.3, 0.4) is 0 Å². The van der Waals surface area contributed by atoms with Gasteiger partial charge in [0.25, 0.3) is 0 Å². The van der Waals surface area contributed by atoms with Gasteiger partial charge in [-0.15, -0.1) is 0 Å². The van der Waals surface area contributed by atoms with E-state index in [-0.39, 0.29) is 6.23 Å². The number of ether oxygens (including phenoxy) is 1. The van der Waals surface area contributed by atoms with E-state index in [1.54, 1.807) is 5.01 Å². The summed E-state index contributed by atoms with van der Waals surface area (Å²) < 4.78 is 5.64. The summed E-state index contributed by atoms with van der Waals surface area (Å²) >= 11 is 0. The van der Waals surface area contributed by atoms with E-state index in [0.29, 0.717) is 0 Å². The van der Waals surface area contributed by atoms with Gasteiger partial charge in [0.1, 0.15) is 5.84 Å². The smallest absolute Gasteiger partial charge is 0.152 e. The van der Waals surface area contributed by atoms with Gasteiger partial charge >= 0.3 is 0 Å². The predicted octanol–water partition coefficient (Wildman–Crippen LogP) is 2.38. The zero-order valence-electron chi connectivity index (χ0n) is 9.35. The Labute approximate surface area is 91.3 Å². The number of hydrogen-bond donors (Lipinski definition) is 0. The lowest BCUT2D eigenvalue weighted by Crippen LogP contribution is -2.39. The van der Waals surface area contributed by atoms with Crippen molar-refractivity contribution in [2.75, 3.05) is 6.61 Å². The van der Waals surface area contributed by atoms with Crippen molar-refractivity contribution >= 4 is 12.6 Å². The van der Waals surface area contributed by atoms with Gasteiger partial charge in [0.2, 0.25) is 0 Å². The summed E-state index contributed by atoms with van der Waals surface area (Å²) in [5.41, 5.74) is 0. The van der Waals surface area contributed by atoms with Gasteiger partial charge in [0, 0.05) is 25.9 Å². The second kappa shape index (κ2) is 6.35. The van der Waals surface area contributed by atoms with Crippen molar-refractivity contribution in [3.05, 3.63) is 12.8 Å². The van der Waals surface area contributed by atoms with Crippen molar-refractivity contribution in [1.82, 2.24) is 5.01 Å². The van der Waals surface area contributed by atoms with Crippen LogP contribution in [0.25, 0.3) is 0 Å². The minimum Gasteiger partial charge on any atom is -0.356 e. The van der Waals surface area contributed by atoms with E-state index in [2.05, 4.69) is 23.4 Å². The zero-order valence-corrected chi connectivity index (χ0v) is 9.35. The molecule has 1 unspecified atom stereocenters. The van der Waals surface area contributed by atoms with Crippen molar-refractivity contribution in [3.8, 4) is 0 Å². The van der Waals surface area contributed by atoms with Crippen LogP contribution < -0.4 is 0 Å². The van der Waals surface area contributed by atoms with Crippen LogP contribution in [0.1, 0.15) is 32.6 Å². The van der Waals surface area contributed by atoms with E-state index in [1.807, 2.05) is 6.92 Å². The average molecular weight is 209 g/mol. The molecule has 1 aliphatic heterocycles. The Morgan fingerprint density at radius 1 is 1.60 bits per heavy atom. The molecule has 1 heterocycles. The lowest BCUT2D eigenvalue weighted by molar-refractivity contribution is -0.0557. The van der Waals surface area contributed by atoms with Crippen LogP contribution in [0.5, 0.6) is 0 Å². The molecule has 0 spiro atoms. The van der Waals surface area contributed by atoms with Crippen LogP contribution >= 0.6 is 0 Å².